The molecule has 0 aromatic heterocycles. The largest absolute Gasteiger partial charge is 0.336 e. The molecule has 1 heterocycles. The molecule has 1 fully saturated rings. The van der Waals surface area contributed by atoms with E-state index in [0.29, 0.717) is 31.6 Å². The lowest BCUT2D eigenvalue weighted by Crippen LogP contribution is -2.55. The predicted molar refractivity (Wildman–Crippen MR) is 174 cm³/mol. The van der Waals surface area contributed by atoms with Crippen LogP contribution in [0.1, 0.15) is 113 Å². The Morgan fingerprint density at radius 2 is 1.27 bits per heavy atom. The fourth-order valence-corrected chi connectivity index (χ4v) is 6.00. The van der Waals surface area contributed by atoms with Gasteiger partial charge < -0.3 is 9.80 Å². The van der Waals surface area contributed by atoms with Gasteiger partial charge in [-0.25, -0.2) is 8.78 Å². The van der Waals surface area contributed by atoms with E-state index in [1.165, 1.54) is 24.3 Å². The number of amides is 2. The molecule has 3 aromatic rings. The van der Waals surface area contributed by atoms with Crippen molar-refractivity contribution < 1.29 is 18.4 Å². The quantitative estimate of drug-likeness (QED) is 0.242. The average molecular weight is 603 g/mol. The molecule has 0 spiro atoms. The Kier molecular flexibility index (Phi) is 10.3. The van der Waals surface area contributed by atoms with Gasteiger partial charge in [-0.05, 0) is 89.2 Å². The van der Waals surface area contributed by atoms with Crippen LogP contribution in [-0.4, -0.2) is 47.3 Å². The highest BCUT2D eigenvalue weighted by Gasteiger charge is 2.31. The van der Waals surface area contributed by atoms with Crippen molar-refractivity contribution >= 4 is 11.8 Å². The van der Waals surface area contributed by atoms with E-state index in [2.05, 4.69) is 47.6 Å². The summed E-state index contributed by atoms with van der Waals surface area (Å²) in [6, 6.07) is 19.1. The predicted octanol–water partition coefficient (Wildman–Crippen LogP) is 8.63. The van der Waals surface area contributed by atoms with Crippen LogP contribution >= 0.6 is 0 Å². The van der Waals surface area contributed by atoms with E-state index < -0.39 is 0 Å². The highest BCUT2D eigenvalue weighted by Crippen LogP contribution is 2.32. The molecule has 0 radical (unpaired) electrons. The van der Waals surface area contributed by atoms with Gasteiger partial charge in [0.15, 0.2) is 0 Å². The molecule has 236 valence electrons. The maximum Gasteiger partial charge on any atom is 0.254 e. The molecule has 1 saturated heterocycles. The number of nitrogens with zero attached hydrogens (tertiary/aromatic N) is 2. The number of hydrogen-bond acceptors (Lipinski definition) is 2. The maximum atomic E-state index is 13.7. The first-order valence-electron chi connectivity index (χ1n) is 15.9. The van der Waals surface area contributed by atoms with Gasteiger partial charge >= 0.3 is 0 Å². The Morgan fingerprint density at radius 3 is 1.73 bits per heavy atom. The molecule has 2 amide bonds. The van der Waals surface area contributed by atoms with Crippen molar-refractivity contribution in [1.82, 2.24) is 9.80 Å². The molecule has 4 nitrogen and oxygen atoms in total. The van der Waals surface area contributed by atoms with Gasteiger partial charge in [-0.3, -0.25) is 9.59 Å². The van der Waals surface area contributed by atoms with E-state index in [4.69, 9.17) is 0 Å². The van der Waals surface area contributed by atoms with Crippen molar-refractivity contribution in [3.8, 4) is 0 Å². The first-order valence-corrected chi connectivity index (χ1v) is 15.9. The lowest BCUT2D eigenvalue weighted by Gasteiger charge is -2.40. The highest BCUT2D eigenvalue weighted by atomic mass is 19.1. The normalized spacial score (nSPS) is 16.0. The smallest absolute Gasteiger partial charge is 0.254 e. The summed E-state index contributed by atoms with van der Waals surface area (Å²) in [5, 5.41) is 0. The van der Waals surface area contributed by atoms with E-state index >= 15 is 0 Å². The molecule has 1 atom stereocenters. The number of hydrogen-bond donors (Lipinski definition) is 0. The zero-order chi connectivity index (χ0) is 32.2. The molecular formula is C38H48F2N2O2. The van der Waals surface area contributed by atoms with Gasteiger partial charge in [0.2, 0.25) is 5.91 Å². The summed E-state index contributed by atoms with van der Waals surface area (Å²) >= 11 is 0. The van der Waals surface area contributed by atoms with Crippen LogP contribution in [0, 0.1) is 11.6 Å². The topological polar surface area (TPSA) is 40.6 Å². The Morgan fingerprint density at radius 1 is 0.773 bits per heavy atom. The van der Waals surface area contributed by atoms with Gasteiger partial charge in [0.25, 0.3) is 5.91 Å². The van der Waals surface area contributed by atoms with Crippen molar-refractivity contribution in [1.29, 1.82) is 0 Å². The van der Waals surface area contributed by atoms with Crippen LogP contribution in [0.3, 0.4) is 0 Å². The van der Waals surface area contributed by atoms with E-state index in [-0.39, 0.29) is 46.2 Å². The molecule has 1 aliphatic rings. The summed E-state index contributed by atoms with van der Waals surface area (Å²) in [4.78, 5) is 30.8. The van der Waals surface area contributed by atoms with Crippen LogP contribution < -0.4 is 0 Å². The molecule has 0 aliphatic carbocycles. The molecule has 44 heavy (non-hydrogen) atoms. The van der Waals surface area contributed by atoms with Crippen LogP contribution in [0.4, 0.5) is 8.78 Å². The Hall–Kier alpha value is -3.54. The highest BCUT2D eigenvalue weighted by molar-refractivity contribution is 5.95. The summed E-state index contributed by atoms with van der Waals surface area (Å²) in [5.74, 6) is -0.458. The number of piperazine rings is 1. The molecular weight excluding hydrogens is 554 g/mol. The lowest BCUT2D eigenvalue weighted by atomic mass is 9.79. The molecule has 1 aliphatic heterocycles. The average Bonchev–Trinajstić information content (AvgIpc) is 2.96. The minimum Gasteiger partial charge on any atom is -0.336 e. The third kappa shape index (κ3) is 8.34. The minimum absolute atomic E-state index is 0.00429. The molecule has 0 saturated carbocycles. The van der Waals surface area contributed by atoms with Crippen LogP contribution in [0.5, 0.6) is 0 Å². The minimum atomic E-state index is -0.291. The number of rotatable bonds is 8. The molecule has 0 bridgehead atoms. The van der Waals surface area contributed by atoms with E-state index in [1.807, 2.05) is 28.9 Å². The number of carbonyl (C=O) groups excluding carboxylic acids is 2. The van der Waals surface area contributed by atoms with Crippen molar-refractivity contribution in [2.24, 2.45) is 0 Å². The first-order chi connectivity index (χ1) is 20.6. The zero-order valence-electron chi connectivity index (χ0n) is 27.4. The third-order valence-electron chi connectivity index (χ3n) is 8.83. The van der Waals surface area contributed by atoms with Gasteiger partial charge in [0.1, 0.15) is 11.6 Å². The van der Waals surface area contributed by atoms with Crippen molar-refractivity contribution in [3.63, 3.8) is 0 Å². The van der Waals surface area contributed by atoms with E-state index in [0.717, 1.165) is 41.5 Å². The van der Waals surface area contributed by atoms with E-state index in [1.54, 1.807) is 24.3 Å². The van der Waals surface area contributed by atoms with Crippen LogP contribution in [0.2, 0.25) is 0 Å². The lowest BCUT2D eigenvalue weighted by molar-refractivity contribution is -0.135. The summed E-state index contributed by atoms with van der Waals surface area (Å²) in [7, 11) is 0. The second-order valence-electron chi connectivity index (χ2n) is 14.4. The maximum absolute atomic E-state index is 13.7. The Bertz CT molecular complexity index is 1360. The standard InChI is InChI=1S/C38H48F2N2O2/c1-26-25-41(36(44)29-22-30(37(2,3)4)24-31(23-29)38(5,6)7)20-21-42(26)35(43)11-9-8-10-34(27-12-16-32(39)17-13-27)28-14-18-33(40)19-15-28/h12-19,22-24,26,34H,8-11,20-21,25H2,1-7H3. The van der Waals surface area contributed by atoms with Gasteiger partial charge in [0, 0.05) is 43.6 Å². The van der Waals surface area contributed by atoms with Crippen molar-refractivity contribution in [3.05, 3.63) is 106 Å². The monoisotopic (exact) mass is 602 g/mol. The van der Waals surface area contributed by atoms with Crippen LogP contribution in [0.15, 0.2) is 66.7 Å². The number of halogens is 2. The second-order valence-corrected chi connectivity index (χ2v) is 14.4. The Balaban J connectivity index is 1.35. The van der Waals surface area contributed by atoms with Crippen LogP contribution in [-0.2, 0) is 15.6 Å². The van der Waals surface area contributed by atoms with E-state index in [9.17, 15) is 18.4 Å². The fourth-order valence-electron chi connectivity index (χ4n) is 6.00. The molecule has 6 heteroatoms. The van der Waals surface area contributed by atoms with Gasteiger partial charge in [-0.15, -0.1) is 0 Å². The Labute approximate surface area is 262 Å². The van der Waals surface area contributed by atoms with Gasteiger partial charge in [-0.1, -0.05) is 78.3 Å². The molecule has 0 N–H and O–H groups in total. The summed E-state index contributed by atoms with van der Waals surface area (Å²) in [6.07, 6.45) is 2.73. The summed E-state index contributed by atoms with van der Waals surface area (Å²) < 4.78 is 27.1. The van der Waals surface area contributed by atoms with Gasteiger partial charge in [0.05, 0.1) is 0 Å². The number of benzene rings is 3. The molecule has 4 rings (SSSR count). The number of unbranched alkanes of at least 4 members (excludes halogenated alkanes) is 1. The SMILES string of the molecule is CC1CN(C(=O)c2cc(C(C)(C)C)cc(C(C)(C)C)c2)CCN1C(=O)CCCCC(c1ccc(F)cc1)c1ccc(F)cc1. The summed E-state index contributed by atoms with van der Waals surface area (Å²) in [5.41, 5.74) is 4.81. The third-order valence-corrected chi connectivity index (χ3v) is 8.83. The second kappa shape index (κ2) is 13.6. The first kappa shape index (κ1) is 33.4. The van der Waals surface area contributed by atoms with Crippen molar-refractivity contribution in [2.75, 3.05) is 19.6 Å². The zero-order valence-corrected chi connectivity index (χ0v) is 27.4. The number of carbonyl (C=O) groups is 2. The van der Waals surface area contributed by atoms with Crippen LogP contribution in [0.25, 0.3) is 0 Å². The fraction of sp³-hybridized carbons (Fsp3) is 0.474. The molecule has 1 unspecified atom stereocenters. The summed E-state index contributed by atoms with van der Waals surface area (Å²) in [6.45, 7) is 16.6. The van der Waals surface area contributed by atoms with Crippen molar-refractivity contribution in [2.45, 2.75) is 96.9 Å². The molecule has 3 aromatic carbocycles. The van der Waals surface area contributed by atoms with Gasteiger partial charge in [-0.2, -0.15) is 0 Å².